The van der Waals surface area contributed by atoms with Crippen molar-refractivity contribution in [3.8, 4) is 0 Å². The number of aryl methyl sites for hydroxylation is 1. The van der Waals surface area contributed by atoms with E-state index in [0.29, 0.717) is 11.1 Å². The molecule has 0 atom stereocenters. The van der Waals surface area contributed by atoms with Gasteiger partial charge in [0.25, 0.3) is 15.9 Å². The zero-order chi connectivity index (χ0) is 16.5. The molecule has 0 aliphatic carbocycles. The van der Waals surface area contributed by atoms with Gasteiger partial charge in [-0.3, -0.25) is 10.2 Å². The Morgan fingerprint density at radius 3 is 2.55 bits per heavy atom. The maximum atomic E-state index is 12.4. The van der Waals surface area contributed by atoms with Crippen LogP contribution in [-0.4, -0.2) is 19.3 Å². The summed E-state index contributed by atoms with van der Waals surface area (Å²) in [6.45, 7) is 3.18. The lowest BCUT2D eigenvalue weighted by molar-refractivity contribution is 0.0940. The number of aromatic amines is 1. The first-order valence-corrected chi connectivity index (χ1v) is 8.38. The zero-order valence-electron chi connectivity index (χ0n) is 11.7. The number of benzene rings is 1. The van der Waals surface area contributed by atoms with E-state index in [1.165, 1.54) is 13.0 Å². The second-order valence-corrected chi connectivity index (χ2v) is 6.99. The number of hydrogen-bond acceptors (Lipinski definition) is 3. The van der Waals surface area contributed by atoms with Crippen LogP contribution >= 0.6 is 23.2 Å². The molecule has 22 heavy (non-hydrogen) atoms. The van der Waals surface area contributed by atoms with E-state index >= 15 is 0 Å². The summed E-state index contributed by atoms with van der Waals surface area (Å²) in [5, 5.41) is 0.335. The Bertz CT molecular complexity index is 791. The predicted octanol–water partition coefficient (Wildman–Crippen LogP) is 2.56. The van der Waals surface area contributed by atoms with E-state index in [2.05, 4.69) is 10.4 Å². The summed E-state index contributed by atoms with van der Waals surface area (Å²) < 4.78 is 24.7. The largest absolute Gasteiger partial charge is 0.357 e. The molecule has 2 aromatic rings. The summed E-state index contributed by atoms with van der Waals surface area (Å²) in [6, 6.07) is 4.70. The van der Waals surface area contributed by atoms with Crippen LogP contribution in [-0.2, 0) is 10.0 Å². The third kappa shape index (κ3) is 3.27. The lowest BCUT2D eigenvalue weighted by Crippen LogP contribution is -2.42. The first-order chi connectivity index (χ1) is 10.2. The fourth-order valence-electron chi connectivity index (χ4n) is 1.84. The number of nitrogens with one attached hydrogen (secondary N) is 3. The minimum absolute atomic E-state index is 0.0588. The lowest BCUT2D eigenvalue weighted by Gasteiger charge is -2.14. The lowest BCUT2D eigenvalue weighted by atomic mass is 10.2. The van der Waals surface area contributed by atoms with Crippen LogP contribution in [0.15, 0.2) is 29.3 Å². The van der Waals surface area contributed by atoms with Crippen molar-refractivity contribution in [3.05, 3.63) is 51.3 Å². The Hall–Kier alpha value is -1.54. The average Bonchev–Trinajstić information content (AvgIpc) is 2.97. The first-order valence-electron chi connectivity index (χ1n) is 6.15. The number of H-pyrrole nitrogens is 1. The van der Waals surface area contributed by atoms with E-state index in [9.17, 15) is 13.2 Å². The van der Waals surface area contributed by atoms with E-state index in [-0.39, 0.29) is 20.6 Å². The molecule has 0 saturated heterocycles. The van der Waals surface area contributed by atoms with Crippen LogP contribution in [0.1, 0.15) is 21.6 Å². The van der Waals surface area contributed by atoms with Crippen LogP contribution in [0.2, 0.25) is 10.0 Å². The van der Waals surface area contributed by atoms with Crippen molar-refractivity contribution in [2.24, 2.45) is 0 Å². The molecule has 0 spiro atoms. The molecule has 1 heterocycles. The highest BCUT2D eigenvalue weighted by molar-refractivity contribution is 7.89. The summed E-state index contributed by atoms with van der Waals surface area (Å²) in [6.07, 6.45) is 1.55. The zero-order valence-corrected chi connectivity index (χ0v) is 14.0. The van der Waals surface area contributed by atoms with Crippen LogP contribution in [0.3, 0.4) is 0 Å². The smallest absolute Gasteiger partial charge is 0.282 e. The second-order valence-electron chi connectivity index (χ2n) is 4.59. The van der Waals surface area contributed by atoms with Gasteiger partial charge in [-0.1, -0.05) is 23.2 Å². The first kappa shape index (κ1) is 16.8. The molecule has 1 aromatic heterocycles. The van der Waals surface area contributed by atoms with Gasteiger partial charge in [-0.25, -0.2) is 8.42 Å². The Morgan fingerprint density at radius 2 is 1.95 bits per heavy atom. The van der Waals surface area contributed by atoms with Crippen molar-refractivity contribution in [3.63, 3.8) is 0 Å². The third-order valence-electron chi connectivity index (χ3n) is 3.00. The van der Waals surface area contributed by atoms with Crippen LogP contribution in [0.25, 0.3) is 0 Å². The highest BCUT2D eigenvalue weighted by Crippen LogP contribution is 2.33. The van der Waals surface area contributed by atoms with E-state index in [1.807, 2.05) is 4.83 Å². The van der Waals surface area contributed by atoms with Crippen LogP contribution in [0, 0.1) is 13.8 Å². The topological polar surface area (TPSA) is 91.1 Å². The van der Waals surface area contributed by atoms with Gasteiger partial charge in [-0.15, -0.1) is 4.83 Å². The molecule has 0 aliphatic rings. The van der Waals surface area contributed by atoms with Gasteiger partial charge < -0.3 is 4.98 Å². The van der Waals surface area contributed by atoms with Gasteiger partial charge in [0.1, 0.15) is 10.6 Å². The standard InChI is InChI=1S/C13H13Cl2N3O3S/c1-7-6-9(14)8(2)12(11(7)15)22(20,21)18-17-13(19)10-4-3-5-16-10/h3-6,16,18H,1-2H3,(H,17,19). The van der Waals surface area contributed by atoms with Crippen molar-refractivity contribution in [2.75, 3.05) is 0 Å². The number of rotatable bonds is 4. The van der Waals surface area contributed by atoms with E-state index < -0.39 is 15.9 Å². The van der Waals surface area contributed by atoms with Crippen molar-refractivity contribution >= 4 is 39.1 Å². The molecule has 3 N–H and O–H groups in total. The highest BCUT2D eigenvalue weighted by Gasteiger charge is 2.24. The molecule has 0 saturated carbocycles. The predicted molar refractivity (Wildman–Crippen MR) is 84.5 cm³/mol. The van der Waals surface area contributed by atoms with Crippen LogP contribution in [0.5, 0.6) is 0 Å². The summed E-state index contributed by atoms with van der Waals surface area (Å²) in [7, 11) is -4.06. The summed E-state index contributed by atoms with van der Waals surface area (Å²) in [4.78, 5) is 16.3. The maximum Gasteiger partial charge on any atom is 0.282 e. The van der Waals surface area contributed by atoms with Gasteiger partial charge in [0.05, 0.1) is 5.02 Å². The Labute approximate surface area is 137 Å². The second kappa shape index (κ2) is 6.29. The van der Waals surface area contributed by atoms with Gasteiger partial charge in [-0.2, -0.15) is 0 Å². The molecule has 6 nitrogen and oxygen atoms in total. The molecule has 0 radical (unpaired) electrons. The summed E-state index contributed by atoms with van der Waals surface area (Å²) >= 11 is 12.1. The number of sulfonamides is 1. The Kier molecular flexibility index (Phi) is 4.81. The van der Waals surface area contributed by atoms with Crippen molar-refractivity contribution < 1.29 is 13.2 Å². The molecule has 2 rings (SSSR count). The fraction of sp³-hybridized carbons (Fsp3) is 0.154. The molecular formula is C13H13Cl2N3O3S. The molecule has 0 aliphatic heterocycles. The number of amides is 1. The molecular weight excluding hydrogens is 349 g/mol. The molecule has 9 heteroatoms. The molecule has 0 bridgehead atoms. The molecule has 0 unspecified atom stereocenters. The van der Waals surface area contributed by atoms with Gasteiger partial charge >= 0.3 is 0 Å². The van der Waals surface area contributed by atoms with E-state index in [4.69, 9.17) is 23.2 Å². The molecule has 118 valence electrons. The number of aromatic nitrogens is 1. The van der Waals surface area contributed by atoms with E-state index in [1.54, 1.807) is 25.3 Å². The SMILES string of the molecule is Cc1cc(Cl)c(C)c(S(=O)(=O)NNC(=O)c2ccc[nH]2)c1Cl. The van der Waals surface area contributed by atoms with Crippen molar-refractivity contribution in [1.82, 2.24) is 15.2 Å². The third-order valence-corrected chi connectivity index (χ3v) is 5.41. The summed E-state index contributed by atoms with van der Waals surface area (Å²) in [5.41, 5.74) is 3.15. The van der Waals surface area contributed by atoms with Crippen molar-refractivity contribution in [1.29, 1.82) is 0 Å². The van der Waals surface area contributed by atoms with Gasteiger partial charge in [-0.05, 0) is 43.2 Å². The number of carbonyl (C=O) groups excluding carboxylic acids is 1. The average molecular weight is 362 g/mol. The number of halogens is 2. The minimum atomic E-state index is -4.06. The number of carbonyl (C=O) groups is 1. The van der Waals surface area contributed by atoms with Gasteiger partial charge in [0.15, 0.2) is 0 Å². The summed E-state index contributed by atoms with van der Waals surface area (Å²) in [5.74, 6) is -0.624. The Balaban J connectivity index is 2.30. The van der Waals surface area contributed by atoms with Gasteiger partial charge in [0, 0.05) is 11.2 Å². The Morgan fingerprint density at radius 1 is 1.27 bits per heavy atom. The van der Waals surface area contributed by atoms with Gasteiger partial charge in [0.2, 0.25) is 0 Å². The maximum absolute atomic E-state index is 12.4. The molecule has 0 fully saturated rings. The van der Waals surface area contributed by atoms with E-state index in [0.717, 1.165) is 0 Å². The fourth-order valence-corrected chi connectivity index (χ4v) is 3.89. The van der Waals surface area contributed by atoms with Crippen molar-refractivity contribution in [2.45, 2.75) is 18.7 Å². The number of hydrazine groups is 1. The normalized spacial score (nSPS) is 11.5. The quantitative estimate of drug-likeness (QED) is 0.730. The van der Waals surface area contributed by atoms with Crippen LogP contribution < -0.4 is 10.3 Å². The highest BCUT2D eigenvalue weighted by atomic mass is 35.5. The van der Waals surface area contributed by atoms with Crippen LogP contribution in [0.4, 0.5) is 0 Å². The number of hydrogen-bond donors (Lipinski definition) is 3. The monoisotopic (exact) mass is 361 g/mol. The molecule has 1 amide bonds. The minimum Gasteiger partial charge on any atom is -0.357 e. The molecule has 1 aromatic carbocycles.